The van der Waals surface area contributed by atoms with E-state index in [2.05, 4.69) is 15.6 Å². The summed E-state index contributed by atoms with van der Waals surface area (Å²) in [6.07, 6.45) is 1.26. The molecule has 0 fully saturated rings. The van der Waals surface area contributed by atoms with Gasteiger partial charge in [0, 0.05) is 0 Å². The molecule has 0 aliphatic rings. The number of fused-ring (bicyclic) bond motifs is 1. The van der Waals surface area contributed by atoms with Crippen molar-refractivity contribution >= 4 is 44.7 Å². The second kappa shape index (κ2) is 9.21. The number of halogens is 1. The van der Waals surface area contributed by atoms with E-state index < -0.39 is 23.2 Å². The number of hydrogen-bond acceptors (Lipinski definition) is 6. The van der Waals surface area contributed by atoms with E-state index in [1.165, 1.54) is 36.2 Å². The summed E-state index contributed by atoms with van der Waals surface area (Å²) in [4.78, 5) is 43.1. The quantitative estimate of drug-likeness (QED) is 0.450. The van der Waals surface area contributed by atoms with E-state index in [4.69, 9.17) is 4.74 Å². The number of thiophene rings is 1. The molecule has 2 aromatic heterocycles. The monoisotopic (exact) mass is 466 g/mol. The van der Waals surface area contributed by atoms with Crippen LogP contribution in [0, 0.1) is 12.7 Å². The predicted octanol–water partition coefficient (Wildman–Crippen LogP) is 3.81. The number of para-hydroxylation sites is 3. The first-order valence-electron chi connectivity index (χ1n) is 9.86. The highest BCUT2D eigenvalue weighted by Gasteiger charge is 2.21. The summed E-state index contributed by atoms with van der Waals surface area (Å²) in [6, 6.07) is 12.7. The van der Waals surface area contributed by atoms with Crippen LogP contribution in [0.5, 0.6) is 5.75 Å². The molecule has 33 heavy (non-hydrogen) atoms. The third-order valence-electron chi connectivity index (χ3n) is 4.94. The first-order valence-corrected chi connectivity index (χ1v) is 10.7. The molecule has 0 aliphatic carbocycles. The summed E-state index contributed by atoms with van der Waals surface area (Å²) in [5.74, 6) is -1.05. The van der Waals surface area contributed by atoms with Crippen molar-refractivity contribution < 1.29 is 18.7 Å². The van der Waals surface area contributed by atoms with Crippen molar-refractivity contribution in [2.24, 2.45) is 0 Å². The highest BCUT2D eigenvalue weighted by atomic mass is 32.1. The Morgan fingerprint density at radius 3 is 2.52 bits per heavy atom. The molecule has 0 saturated heterocycles. The lowest BCUT2D eigenvalue weighted by atomic mass is 10.2. The Morgan fingerprint density at radius 1 is 1.09 bits per heavy atom. The molecular formula is C23H19FN4O4S. The predicted molar refractivity (Wildman–Crippen MR) is 125 cm³/mol. The molecule has 4 aromatic rings. The normalized spacial score (nSPS) is 10.8. The average Bonchev–Trinajstić information content (AvgIpc) is 3.15. The molecule has 4 rings (SSSR count). The smallest absolute Gasteiger partial charge is 0.266 e. The fourth-order valence-corrected chi connectivity index (χ4v) is 4.36. The second-order valence-electron chi connectivity index (χ2n) is 7.10. The van der Waals surface area contributed by atoms with E-state index in [-0.39, 0.29) is 22.5 Å². The van der Waals surface area contributed by atoms with Gasteiger partial charge in [0.15, 0.2) is 0 Å². The molecule has 0 atom stereocenters. The molecule has 2 aromatic carbocycles. The topological polar surface area (TPSA) is 102 Å². The maximum absolute atomic E-state index is 13.9. The molecule has 8 nitrogen and oxygen atoms in total. The number of nitrogens with one attached hydrogen (secondary N) is 2. The SMILES string of the molecule is COc1ccccc1NC(=O)Cn1cnc2sc(C(=O)Nc3ccccc3F)c(C)c2c1=O. The van der Waals surface area contributed by atoms with Crippen LogP contribution in [-0.2, 0) is 11.3 Å². The minimum absolute atomic E-state index is 0.0396. The van der Waals surface area contributed by atoms with Crippen molar-refractivity contribution in [1.82, 2.24) is 9.55 Å². The van der Waals surface area contributed by atoms with Crippen LogP contribution in [0.2, 0.25) is 0 Å². The molecule has 0 aliphatic heterocycles. The van der Waals surface area contributed by atoms with Crippen LogP contribution in [0.4, 0.5) is 15.8 Å². The fourth-order valence-electron chi connectivity index (χ4n) is 3.32. The number of aryl methyl sites for hydroxylation is 1. The van der Waals surface area contributed by atoms with Gasteiger partial charge >= 0.3 is 0 Å². The van der Waals surface area contributed by atoms with Gasteiger partial charge < -0.3 is 15.4 Å². The molecule has 2 N–H and O–H groups in total. The summed E-state index contributed by atoms with van der Waals surface area (Å²) in [6.45, 7) is 1.35. The molecule has 10 heteroatoms. The van der Waals surface area contributed by atoms with Gasteiger partial charge in [-0.15, -0.1) is 11.3 Å². The Balaban J connectivity index is 1.59. The van der Waals surface area contributed by atoms with Gasteiger partial charge in [-0.1, -0.05) is 24.3 Å². The molecule has 2 heterocycles. The second-order valence-corrected chi connectivity index (χ2v) is 8.10. The zero-order valence-electron chi connectivity index (χ0n) is 17.7. The molecule has 0 saturated carbocycles. The van der Waals surface area contributed by atoms with Crippen LogP contribution >= 0.6 is 11.3 Å². The third kappa shape index (κ3) is 4.46. The summed E-state index contributed by atoms with van der Waals surface area (Å²) >= 11 is 1.03. The molecule has 0 radical (unpaired) electrons. The van der Waals surface area contributed by atoms with Gasteiger partial charge in [-0.3, -0.25) is 19.0 Å². The number of carbonyl (C=O) groups excluding carboxylic acids is 2. The number of ether oxygens (including phenoxy) is 1. The lowest BCUT2D eigenvalue weighted by Crippen LogP contribution is -2.28. The largest absolute Gasteiger partial charge is 0.495 e. The Bertz CT molecular complexity index is 1430. The van der Waals surface area contributed by atoms with Crippen LogP contribution in [-0.4, -0.2) is 28.5 Å². The third-order valence-corrected chi connectivity index (χ3v) is 6.14. The van der Waals surface area contributed by atoms with E-state index in [1.54, 1.807) is 37.3 Å². The fraction of sp³-hybridized carbons (Fsp3) is 0.130. The zero-order chi connectivity index (χ0) is 23.5. The van der Waals surface area contributed by atoms with E-state index in [9.17, 15) is 18.8 Å². The van der Waals surface area contributed by atoms with Gasteiger partial charge in [-0.25, -0.2) is 9.37 Å². The number of hydrogen-bond donors (Lipinski definition) is 2. The minimum Gasteiger partial charge on any atom is -0.495 e. The summed E-state index contributed by atoms with van der Waals surface area (Å²) in [5, 5.41) is 5.47. The van der Waals surface area contributed by atoms with Crippen LogP contribution in [0.1, 0.15) is 15.2 Å². The number of anilines is 2. The van der Waals surface area contributed by atoms with Crippen molar-refractivity contribution in [1.29, 1.82) is 0 Å². The Labute approximate surface area is 191 Å². The molecule has 2 amide bonds. The number of rotatable bonds is 6. The lowest BCUT2D eigenvalue weighted by Gasteiger charge is -2.10. The van der Waals surface area contributed by atoms with Gasteiger partial charge in [0.05, 0.1) is 35.1 Å². The van der Waals surface area contributed by atoms with Gasteiger partial charge in [0.2, 0.25) is 5.91 Å². The van der Waals surface area contributed by atoms with E-state index in [0.717, 1.165) is 11.3 Å². The van der Waals surface area contributed by atoms with Crippen molar-refractivity contribution in [2.45, 2.75) is 13.5 Å². The number of amides is 2. The molecule has 0 unspecified atom stereocenters. The Kier molecular flexibility index (Phi) is 6.18. The van der Waals surface area contributed by atoms with Crippen LogP contribution in [0.15, 0.2) is 59.7 Å². The van der Waals surface area contributed by atoms with Crippen LogP contribution < -0.4 is 20.9 Å². The number of methoxy groups -OCH3 is 1. The maximum atomic E-state index is 13.9. The highest BCUT2D eigenvalue weighted by molar-refractivity contribution is 7.20. The van der Waals surface area contributed by atoms with Crippen molar-refractivity contribution in [3.63, 3.8) is 0 Å². The minimum atomic E-state index is -0.564. The molecule has 0 bridgehead atoms. The summed E-state index contributed by atoms with van der Waals surface area (Å²) in [7, 11) is 1.49. The lowest BCUT2D eigenvalue weighted by molar-refractivity contribution is -0.116. The number of benzene rings is 2. The van der Waals surface area contributed by atoms with Crippen LogP contribution in [0.25, 0.3) is 10.2 Å². The van der Waals surface area contributed by atoms with Gasteiger partial charge in [-0.2, -0.15) is 0 Å². The van der Waals surface area contributed by atoms with Crippen molar-refractivity contribution in [3.05, 3.63) is 81.5 Å². The van der Waals surface area contributed by atoms with E-state index in [0.29, 0.717) is 21.8 Å². The van der Waals surface area contributed by atoms with Gasteiger partial charge in [0.25, 0.3) is 11.5 Å². The standard InChI is InChI=1S/C23H19FN4O4S/c1-13-19-22(33-20(13)21(30)27-15-8-4-3-7-14(15)24)25-12-28(23(19)31)11-18(29)26-16-9-5-6-10-17(16)32-2/h3-10,12H,11H2,1-2H3,(H,26,29)(H,27,30). The van der Waals surface area contributed by atoms with E-state index >= 15 is 0 Å². The summed E-state index contributed by atoms with van der Waals surface area (Å²) < 4.78 is 20.3. The molecular weight excluding hydrogens is 447 g/mol. The summed E-state index contributed by atoms with van der Waals surface area (Å²) in [5.41, 5.74) is 0.485. The first kappa shape index (κ1) is 22.2. The first-order chi connectivity index (χ1) is 15.9. The Hall–Kier alpha value is -4.05. The van der Waals surface area contributed by atoms with Crippen LogP contribution in [0.3, 0.4) is 0 Å². The molecule has 168 valence electrons. The average molecular weight is 466 g/mol. The maximum Gasteiger partial charge on any atom is 0.266 e. The van der Waals surface area contributed by atoms with Gasteiger partial charge in [0.1, 0.15) is 22.9 Å². The number of aromatic nitrogens is 2. The zero-order valence-corrected chi connectivity index (χ0v) is 18.5. The van der Waals surface area contributed by atoms with Crippen molar-refractivity contribution in [3.8, 4) is 5.75 Å². The highest BCUT2D eigenvalue weighted by Crippen LogP contribution is 2.28. The van der Waals surface area contributed by atoms with Gasteiger partial charge in [-0.05, 0) is 36.8 Å². The number of carbonyl (C=O) groups is 2. The van der Waals surface area contributed by atoms with E-state index in [1.807, 2.05) is 0 Å². The van der Waals surface area contributed by atoms with Crippen molar-refractivity contribution in [2.75, 3.05) is 17.7 Å². The molecule has 0 spiro atoms. The number of nitrogens with zero attached hydrogens (tertiary/aromatic N) is 2. The Morgan fingerprint density at radius 2 is 1.79 bits per heavy atom.